The number of halogens is 2. The van der Waals surface area contributed by atoms with Crippen molar-refractivity contribution in [2.75, 3.05) is 39.3 Å². The molecule has 2 aromatic rings. The molecule has 0 amide bonds. The van der Waals surface area contributed by atoms with Gasteiger partial charge in [0.2, 0.25) is 0 Å². The smallest absolute Gasteiger partial charge is 0.0698 e. The fraction of sp³-hybridized carbons (Fsp3) is 0.550. The molecule has 0 aliphatic carbocycles. The molecule has 2 aliphatic heterocycles. The van der Waals surface area contributed by atoms with E-state index in [0.29, 0.717) is 0 Å². The molecule has 0 saturated carbocycles. The molecule has 27 heavy (non-hydrogen) atoms. The summed E-state index contributed by atoms with van der Waals surface area (Å²) >= 11 is 0. The average molecular weight is 412 g/mol. The van der Waals surface area contributed by atoms with Crippen LogP contribution in [0.3, 0.4) is 0 Å². The molecule has 0 radical (unpaired) electrons. The molecule has 1 aromatic carbocycles. The van der Waals surface area contributed by atoms with Gasteiger partial charge >= 0.3 is 0 Å². The van der Waals surface area contributed by atoms with Gasteiger partial charge in [0, 0.05) is 56.4 Å². The number of aryl methyl sites for hydroxylation is 2. The van der Waals surface area contributed by atoms with Crippen LogP contribution in [-0.2, 0) is 6.54 Å². The van der Waals surface area contributed by atoms with Crippen molar-refractivity contribution in [1.82, 2.24) is 25.3 Å². The topological polar surface area (TPSA) is 47.2 Å². The molecule has 1 atom stereocenters. The third-order valence-electron chi connectivity index (χ3n) is 5.73. The number of hydrogen-bond acceptors (Lipinski definition) is 4. The standard InChI is InChI=1S/C20H29N5.2ClH/c1-15-3-4-16(2)19(11-15)20-17(12-22-23-20)14-24-7-9-25(10-8-24)18-5-6-21-13-18;;/h3-4,11-12,18,21H,5-10,13-14H2,1-2H3,(H,22,23);2*1H. The number of rotatable bonds is 4. The molecular weight excluding hydrogens is 381 g/mol. The van der Waals surface area contributed by atoms with E-state index in [1.54, 1.807) is 0 Å². The second-order valence-electron chi connectivity index (χ2n) is 7.55. The Morgan fingerprint density at radius 1 is 1.11 bits per heavy atom. The predicted octanol–water partition coefficient (Wildman–Crippen LogP) is 3.02. The van der Waals surface area contributed by atoms with Crippen LogP contribution in [0.5, 0.6) is 0 Å². The van der Waals surface area contributed by atoms with E-state index >= 15 is 0 Å². The molecular formula is C20H31Cl2N5. The minimum absolute atomic E-state index is 0. The third-order valence-corrected chi connectivity index (χ3v) is 5.73. The highest BCUT2D eigenvalue weighted by atomic mass is 35.5. The molecule has 5 nitrogen and oxygen atoms in total. The number of H-pyrrole nitrogens is 1. The molecule has 1 aromatic heterocycles. The molecule has 0 spiro atoms. The SMILES string of the molecule is Cc1ccc(C)c(-c2[nH]ncc2CN2CCN(C3CCNC3)CC2)c1.Cl.Cl. The van der Waals surface area contributed by atoms with E-state index in [2.05, 4.69) is 57.4 Å². The zero-order chi connectivity index (χ0) is 17.2. The van der Waals surface area contributed by atoms with Crippen LogP contribution in [0.2, 0.25) is 0 Å². The summed E-state index contributed by atoms with van der Waals surface area (Å²) in [5.74, 6) is 0. The highest BCUT2D eigenvalue weighted by Gasteiger charge is 2.26. The summed E-state index contributed by atoms with van der Waals surface area (Å²) in [6.07, 6.45) is 3.31. The van der Waals surface area contributed by atoms with Crippen molar-refractivity contribution < 1.29 is 0 Å². The van der Waals surface area contributed by atoms with Gasteiger partial charge in [0.1, 0.15) is 0 Å². The maximum Gasteiger partial charge on any atom is 0.0698 e. The number of hydrogen-bond donors (Lipinski definition) is 2. The summed E-state index contributed by atoms with van der Waals surface area (Å²) in [7, 11) is 0. The Morgan fingerprint density at radius 2 is 1.89 bits per heavy atom. The van der Waals surface area contributed by atoms with Crippen LogP contribution >= 0.6 is 24.8 Å². The summed E-state index contributed by atoms with van der Waals surface area (Å²) in [6, 6.07) is 7.38. The van der Waals surface area contributed by atoms with E-state index in [1.165, 1.54) is 60.5 Å². The molecule has 4 rings (SSSR count). The molecule has 0 bridgehead atoms. The van der Waals surface area contributed by atoms with Gasteiger partial charge in [-0.15, -0.1) is 24.8 Å². The number of nitrogens with zero attached hydrogens (tertiary/aromatic N) is 3. The van der Waals surface area contributed by atoms with E-state index in [4.69, 9.17) is 0 Å². The van der Waals surface area contributed by atoms with Crippen molar-refractivity contribution in [2.45, 2.75) is 32.9 Å². The molecule has 2 N–H and O–H groups in total. The van der Waals surface area contributed by atoms with Gasteiger partial charge in [0.25, 0.3) is 0 Å². The van der Waals surface area contributed by atoms with Crippen LogP contribution in [0.15, 0.2) is 24.4 Å². The monoisotopic (exact) mass is 411 g/mol. The highest BCUT2D eigenvalue weighted by molar-refractivity contribution is 5.85. The minimum Gasteiger partial charge on any atom is -0.315 e. The summed E-state index contributed by atoms with van der Waals surface area (Å²) in [5.41, 5.74) is 6.37. The van der Waals surface area contributed by atoms with Gasteiger partial charge in [-0.25, -0.2) is 0 Å². The lowest BCUT2D eigenvalue weighted by Crippen LogP contribution is -2.50. The molecule has 2 fully saturated rings. The lowest BCUT2D eigenvalue weighted by molar-refractivity contribution is 0.0982. The van der Waals surface area contributed by atoms with Crippen molar-refractivity contribution >= 4 is 24.8 Å². The third kappa shape index (κ3) is 5.04. The van der Waals surface area contributed by atoms with E-state index in [0.717, 1.165) is 25.7 Å². The van der Waals surface area contributed by atoms with Crippen molar-refractivity contribution in [1.29, 1.82) is 0 Å². The number of nitrogens with one attached hydrogen (secondary N) is 2. The normalized spacial score (nSPS) is 20.9. The van der Waals surface area contributed by atoms with Crippen LogP contribution in [0.1, 0.15) is 23.1 Å². The van der Waals surface area contributed by atoms with Crippen molar-refractivity contribution in [2.24, 2.45) is 0 Å². The van der Waals surface area contributed by atoms with Gasteiger partial charge in [-0.3, -0.25) is 14.9 Å². The van der Waals surface area contributed by atoms with Gasteiger partial charge < -0.3 is 5.32 Å². The Labute approximate surface area is 174 Å². The van der Waals surface area contributed by atoms with E-state index in [9.17, 15) is 0 Å². The highest BCUT2D eigenvalue weighted by Crippen LogP contribution is 2.27. The Kier molecular flexibility index (Phi) is 8.13. The first kappa shape index (κ1) is 22.2. The Morgan fingerprint density at radius 3 is 2.59 bits per heavy atom. The van der Waals surface area contributed by atoms with Crippen molar-refractivity contribution in [3.63, 3.8) is 0 Å². The second-order valence-corrected chi connectivity index (χ2v) is 7.55. The molecule has 1 unspecified atom stereocenters. The van der Waals surface area contributed by atoms with Gasteiger partial charge in [0.05, 0.1) is 11.9 Å². The van der Waals surface area contributed by atoms with Crippen LogP contribution < -0.4 is 5.32 Å². The van der Waals surface area contributed by atoms with Crippen LogP contribution in [0, 0.1) is 13.8 Å². The molecule has 2 saturated heterocycles. The summed E-state index contributed by atoms with van der Waals surface area (Å²) in [4.78, 5) is 5.23. The number of aromatic amines is 1. The summed E-state index contributed by atoms with van der Waals surface area (Å²) in [5, 5.41) is 11.1. The fourth-order valence-electron chi connectivity index (χ4n) is 4.15. The van der Waals surface area contributed by atoms with Gasteiger partial charge in [-0.1, -0.05) is 17.7 Å². The Hall–Kier alpha value is -1.11. The minimum atomic E-state index is 0. The fourth-order valence-corrected chi connectivity index (χ4v) is 4.15. The zero-order valence-electron chi connectivity index (χ0n) is 16.2. The number of benzene rings is 1. The predicted molar refractivity (Wildman–Crippen MR) is 116 cm³/mol. The van der Waals surface area contributed by atoms with E-state index in [1.807, 2.05) is 6.20 Å². The van der Waals surface area contributed by atoms with Gasteiger partial charge in [-0.05, 0) is 38.4 Å². The summed E-state index contributed by atoms with van der Waals surface area (Å²) in [6.45, 7) is 12.3. The van der Waals surface area contributed by atoms with E-state index in [-0.39, 0.29) is 24.8 Å². The zero-order valence-corrected chi connectivity index (χ0v) is 17.8. The average Bonchev–Trinajstić information content (AvgIpc) is 3.30. The number of aromatic nitrogens is 2. The maximum atomic E-state index is 4.34. The van der Waals surface area contributed by atoms with E-state index < -0.39 is 0 Å². The molecule has 7 heteroatoms. The molecule has 2 aliphatic rings. The maximum absolute atomic E-state index is 4.34. The van der Waals surface area contributed by atoms with Crippen molar-refractivity contribution in [3.05, 3.63) is 41.1 Å². The first-order valence-electron chi connectivity index (χ1n) is 9.48. The quantitative estimate of drug-likeness (QED) is 0.811. The van der Waals surface area contributed by atoms with Crippen molar-refractivity contribution in [3.8, 4) is 11.3 Å². The Balaban J connectivity index is 0.00000131. The summed E-state index contributed by atoms with van der Waals surface area (Å²) < 4.78 is 0. The first-order chi connectivity index (χ1) is 12.2. The lowest BCUT2D eigenvalue weighted by Gasteiger charge is -2.37. The lowest BCUT2D eigenvalue weighted by atomic mass is 10.00. The Bertz CT molecular complexity index is 719. The van der Waals surface area contributed by atoms with Gasteiger partial charge in [-0.2, -0.15) is 5.10 Å². The molecule has 3 heterocycles. The van der Waals surface area contributed by atoms with Crippen LogP contribution in [0.25, 0.3) is 11.3 Å². The van der Waals surface area contributed by atoms with Crippen LogP contribution in [0.4, 0.5) is 0 Å². The van der Waals surface area contributed by atoms with Gasteiger partial charge in [0.15, 0.2) is 0 Å². The largest absolute Gasteiger partial charge is 0.315 e. The second kappa shape index (κ2) is 9.89. The number of piperazine rings is 1. The first-order valence-corrected chi connectivity index (χ1v) is 9.48. The molecule has 150 valence electrons. The van der Waals surface area contributed by atoms with Crippen LogP contribution in [-0.4, -0.2) is 65.3 Å².